The summed E-state index contributed by atoms with van der Waals surface area (Å²) < 4.78 is 38.1. The highest BCUT2D eigenvalue weighted by Crippen LogP contribution is 2.68. The zero-order chi connectivity index (χ0) is 24.2. The molecule has 5 nitrogen and oxygen atoms in total. The van der Waals surface area contributed by atoms with Gasteiger partial charge in [-0.1, -0.05) is 13.0 Å². The monoisotopic (exact) mass is 480 g/mol. The molecule has 1 N–H and O–H groups in total. The molecule has 2 unspecified atom stereocenters. The fourth-order valence-corrected chi connectivity index (χ4v) is 7.83. The minimum absolute atomic E-state index is 0.00554. The van der Waals surface area contributed by atoms with Crippen LogP contribution in [0.2, 0.25) is 0 Å². The van der Waals surface area contributed by atoms with Gasteiger partial charge in [0.1, 0.15) is 29.0 Å². The van der Waals surface area contributed by atoms with Crippen molar-refractivity contribution in [2.45, 2.75) is 82.8 Å². The van der Waals surface area contributed by atoms with Gasteiger partial charge in [0.15, 0.2) is 5.78 Å². The van der Waals surface area contributed by atoms with Crippen molar-refractivity contribution in [2.24, 2.45) is 28.1 Å². The van der Waals surface area contributed by atoms with E-state index in [1.165, 1.54) is 19.1 Å². The lowest BCUT2D eigenvalue weighted by Gasteiger charge is -2.60. The Kier molecular flexibility index (Phi) is 4.77. The van der Waals surface area contributed by atoms with Crippen molar-refractivity contribution in [2.75, 3.05) is 0 Å². The summed E-state index contributed by atoms with van der Waals surface area (Å²) in [6.07, 6.45) is 3.97. The summed E-state index contributed by atoms with van der Waals surface area (Å²) in [5.74, 6) is -1.71. The van der Waals surface area contributed by atoms with Crippen molar-refractivity contribution in [1.82, 2.24) is 0 Å². The molecule has 0 radical (unpaired) electrons. The summed E-state index contributed by atoms with van der Waals surface area (Å²) in [7, 11) is 0. The molecule has 0 aromatic carbocycles. The van der Waals surface area contributed by atoms with Crippen LogP contribution in [0.25, 0.3) is 0 Å². The Morgan fingerprint density at radius 1 is 1.18 bits per heavy atom. The summed E-state index contributed by atoms with van der Waals surface area (Å²) in [5, 5.41) is 9.63. The third kappa shape index (κ3) is 2.77. The topological polar surface area (TPSA) is 80.7 Å². The largest absolute Gasteiger partial charge is 0.461 e. The molecule has 4 saturated carbocycles. The van der Waals surface area contributed by atoms with Gasteiger partial charge in [-0.15, -0.1) is 12.6 Å². The lowest BCUT2D eigenvalue weighted by molar-refractivity contribution is -0.177. The zero-order valence-electron chi connectivity index (χ0n) is 19.1. The average molecular weight is 481 g/mol. The molecule has 0 aliphatic heterocycles. The predicted molar refractivity (Wildman–Crippen MR) is 119 cm³/mol. The van der Waals surface area contributed by atoms with Crippen LogP contribution in [0.15, 0.2) is 23.8 Å². The molecule has 0 spiro atoms. The van der Waals surface area contributed by atoms with Crippen LogP contribution < -0.4 is 0 Å². The highest BCUT2D eigenvalue weighted by Gasteiger charge is 2.74. The molecule has 180 valence electrons. The first-order valence-electron chi connectivity index (χ1n) is 11.7. The van der Waals surface area contributed by atoms with Crippen molar-refractivity contribution in [3.05, 3.63) is 23.8 Å². The van der Waals surface area contributed by atoms with Crippen LogP contribution in [-0.2, 0) is 19.1 Å². The van der Waals surface area contributed by atoms with E-state index >= 15 is 8.78 Å². The number of aliphatic hydroxyl groups is 1. The molecule has 0 aromatic rings. The maximum absolute atomic E-state index is 16.9. The molecule has 0 bridgehead atoms. The summed E-state index contributed by atoms with van der Waals surface area (Å²) in [4.78, 5) is 36.5. The molecule has 5 aliphatic carbocycles. The number of alkyl halides is 2. The highest BCUT2D eigenvalue weighted by molar-refractivity contribution is 7.96. The first-order chi connectivity index (χ1) is 15.2. The van der Waals surface area contributed by atoms with E-state index in [-0.39, 0.29) is 36.5 Å². The smallest absolute Gasteiger partial charge is 0.315 e. The van der Waals surface area contributed by atoms with Crippen molar-refractivity contribution < 1.29 is 33.0 Å². The van der Waals surface area contributed by atoms with E-state index in [4.69, 9.17) is 4.74 Å². The molecule has 4 fully saturated rings. The molecule has 8 heteroatoms. The van der Waals surface area contributed by atoms with Crippen LogP contribution in [0, 0.1) is 28.1 Å². The highest BCUT2D eigenvalue weighted by atomic mass is 32.1. The van der Waals surface area contributed by atoms with E-state index in [1.807, 2.05) is 6.92 Å². The van der Waals surface area contributed by atoms with Gasteiger partial charge in [-0.2, -0.15) is 0 Å². The third-order valence-corrected chi connectivity index (χ3v) is 10.4. The average Bonchev–Trinajstić information content (AvgIpc) is 3.19. The fourth-order valence-electron chi connectivity index (χ4n) is 7.50. The Balaban J connectivity index is 1.41. The van der Waals surface area contributed by atoms with Crippen LogP contribution in [0.4, 0.5) is 8.78 Å². The summed E-state index contributed by atoms with van der Waals surface area (Å²) in [6, 6.07) is 0. The Morgan fingerprint density at radius 3 is 2.52 bits per heavy atom. The zero-order valence-corrected chi connectivity index (χ0v) is 20.0. The van der Waals surface area contributed by atoms with Gasteiger partial charge in [0, 0.05) is 23.2 Å². The molecule has 0 heterocycles. The number of esters is 1. The number of halogens is 2. The number of allylic oxidation sites excluding steroid dienone is 4. The van der Waals surface area contributed by atoms with E-state index in [9.17, 15) is 19.5 Å². The van der Waals surface area contributed by atoms with Gasteiger partial charge in [0.25, 0.3) is 0 Å². The number of fused-ring (bicyclic) bond motifs is 5. The van der Waals surface area contributed by atoms with Gasteiger partial charge >= 0.3 is 5.97 Å². The Hall–Kier alpha value is -1.54. The second-order valence-corrected chi connectivity index (χ2v) is 11.9. The number of ketones is 1. The molecule has 5 aliphatic rings. The van der Waals surface area contributed by atoms with E-state index in [2.05, 4.69) is 12.6 Å². The first-order valence-corrected chi connectivity index (χ1v) is 12.1. The maximum Gasteiger partial charge on any atom is 0.315 e. The summed E-state index contributed by atoms with van der Waals surface area (Å²) >= 11 is 3.70. The van der Waals surface area contributed by atoms with Crippen LogP contribution in [0.3, 0.4) is 0 Å². The van der Waals surface area contributed by atoms with Crippen molar-refractivity contribution in [1.29, 1.82) is 0 Å². The predicted octanol–water partition coefficient (Wildman–Crippen LogP) is 3.84. The lowest BCUT2D eigenvalue weighted by atomic mass is 9.46. The van der Waals surface area contributed by atoms with Gasteiger partial charge in [-0.05, 0) is 69.6 Å². The standard InChI is InChI=1S/C25H30F2O5S/c1-21-8-9-24(27)15(11-17(26)16-10-13(28)6-7-22(16,24)2)14(21)4-5-18(21)32-19(29)23(3)12-25(23,31)20(30)33/h6-7,10,14-15,17-18,31H,4-5,8-9,11-12H2,1-3H3,(H,30,33)/t14-,15-,17-,18+,21-,22-,23?,24+,25?/m0/s1. The number of hydrogen-bond acceptors (Lipinski definition) is 5. The number of thiol groups is 1. The van der Waals surface area contributed by atoms with Gasteiger partial charge in [0.2, 0.25) is 5.12 Å². The van der Waals surface area contributed by atoms with E-state index in [0.717, 1.165) is 0 Å². The van der Waals surface area contributed by atoms with Crippen LogP contribution in [0.1, 0.15) is 59.3 Å². The summed E-state index contributed by atoms with van der Waals surface area (Å²) in [5.41, 5.74) is -6.32. The molecule has 0 amide bonds. The van der Waals surface area contributed by atoms with Crippen molar-refractivity contribution in [3.8, 4) is 0 Å². The second kappa shape index (κ2) is 6.78. The normalized spacial score (nSPS) is 52.3. The Bertz CT molecular complexity index is 1030. The van der Waals surface area contributed by atoms with E-state index < -0.39 is 56.8 Å². The SMILES string of the molecule is CC1(C(=O)O[C@@H]2CC[C@H]3[C@@H]4C[C@H](F)C5=CC(=O)C=C[C@]5(C)[C@@]4(F)CC[C@]23C)CC1(O)C(=O)S. The minimum Gasteiger partial charge on any atom is -0.461 e. The Morgan fingerprint density at radius 2 is 1.88 bits per heavy atom. The van der Waals surface area contributed by atoms with Gasteiger partial charge in [-0.25, -0.2) is 8.78 Å². The first kappa shape index (κ1) is 23.2. The van der Waals surface area contributed by atoms with Gasteiger partial charge in [-0.3, -0.25) is 14.4 Å². The number of rotatable bonds is 3. The number of ether oxygens (including phenoxy) is 1. The van der Waals surface area contributed by atoms with Gasteiger partial charge < -0.3 is 9.84 Å². The fraction of sp³-hybridized carbons (Fsp3) is 0.720. The van der Waals surface area contributed by atoms with Crippen LogP contribution >= 0.6 is 12.6 Å². The van der Waals surface area contributed by atoms with Crippen LogP contribution in [0.5, 0.6) is 0 Å². The molecule has 0 saturated heterocycles. The third-order valence-electron chi connectivity index (χ3n) is 10.0. The van der Waals surface area contributed by atoms with Crippen molar-refractivity contribution in [3.63, 3.8) is 0 Å². The Labute approximate surface area is 197 Å². The molecule has 9 atom stereocenters. The molecule has 33 heavy (non-hydrogen) atoms. The molecule has 0 aromatic heterocycles. The molecule has 5 rings (SSSR count). The number of carbonyl (C=O) groups excluding carboxylic acids is 3. The molecular formula is C25H30F2O5S. The number of carbonyl (C=O) groups is 3. The lowest BCUT2D eigenvalue weighted by Crippen LogP contribution is -2.62. The molecular weight excluding hydrogens is 450 g/mol. The quantitative estimate of drug-likeness (QED) is 0.474. The maximum atomic E-state index is 16.9. The number of hydrogen-bond donors (Lipinski definition) is 2. The van der Waals surface area contributed by atoms with E-state index in [0.29, 0.717) is 19.3 Å². The van der Waals surface area contributed by atoms with Crippen LogP contribution in [-0.4, -0.2) is 45.5 Å². The van der Waals surface area contributed by atoms with Crippen molar-refractivity contribution >= 4 is 29.5 Å². The summed E-state index contributed by atoms with van der Waals surface area (Å²) in [6.45, 7) is 5.17. The van der Waals surface area contributed by atoms with E-state index in [1.54, 1.807) is 13.0 Å². The second-order valence-electron chi connectivity index (χ2n) is 11.5. The van der Waals surface area contributed by atoms with Gasteiger partial charge in [0.05, 0.1) is 0 Å². The minimum atomic E-state index is -1.82.